The number of imidazole rings is 1. The molecule has 6 heteroatoms. The van der Waals surface area contributed by atoms with Crippen LogP contribution in [-0.4, -0.2) is 25.6 Å². The van der Waals surface area contributed by atoms with Gasteiger partial charge in [-0.25, -0.2) is 9.78 Å². The Hall–Kier alpha value is -1.69. The van der Waals surface area contributed by atoms with Crippen LogP contribution in [0.15, 0.2) is 29.3 Å². The summed E-state index contributed by atoms with van der Waals surface area (Å²) in [6.45, 7) is 2.13. The molecule has 0 amide bonds. The summed E-state index contributed by atoms with van der Waals surface area (Å²) >= 11 is 3.27. The van der Waals surface area contributed by atoms with Gasteiger partial charge in [0.1, 0.15) is 0 Å². The van der Waals surface area contributed by atoms with E-state index < -0.39 is 5.97 Å². The van der Waals surface area contributed by atoms with Crippen molar-refractivity contribution in [1.82, 2.24) is 14.5 Å². The van der Waals surface area contributed by atoms with Crippen LogP contribution < -0.4 is 0 Å². The molecule has 2 heterocycles. The summed E-state index contributed by atoms with van der Waals surface area (Å²) in [5.41, 5.74) is 1.67. The Morgan fingerprint density at radius 2 is 2.12 bits per heavy atom. The summed E-state index contributed by atoms with van der Waals surface area (Å²) in [6, 6.07) is 3.68. The maximum atomic E-state index is 11.2. The standard InChI is InChI=1S/C11H10BrN3O2/c1-7-9(10(16)17)15(11(12)14-7)6-8-2-4-13-5-3-8/h2-5H,6H2,1H3,(H,16,17). The summed E-state index contributed by atoms with van der Waals surface area (Å²) in [4.78, 5) is 19.2. The van der Waals surface area contributed by atoms with E-state index in [2.05, 4.69) is 25.9 Å². The van der Waals surface area contributed by atoms with Gasteiger partial charge in [0.25, 0.3) is 0 Å². The van der Waals surface area contributed by atoms with Gasteiger partial charge in [0.15, 0.2) is 10.4 Å². The highest BCUT2D eigenvalue weighted by atomic mass is 79.9. The van der Waals surface area contributed by atoms with E-state index in [4.69, 9.17) is 5.11 Å². The fraction of sp³-hybridized carbons (Fsp3) is 0.182. The van der Waals surface area contributed by atoms with E-state index in [1.807, 2.05) is 12.1 Å². The molecule has 0 aliphatic rings. The molecule has 0 aliphatic carbocycles. The SMILES string of the molecule is Cc1nc(Br)n(Cc2ccncc2)c1C(=O)O. The molecule has 0 radical (unpaired) electrons. The second-order valence-electron chi connectivity index (χ2n) is 3.56. The number of halogens is 1. The first-order valence-corrected chi connectivity index (χ1v) is 5.73. The molecule has 0 aliphatic heterocycles. The summed E-state index contributed by atoms with van der Waals surface area (Å²) in [5.74, 6) is -0.977. The number of carboxylic acid groups (broad SMARTS) is 1. The number of aromatic carboxylic acids is 1. The Morgan fingerprint density at radius 1 is 1.47 bits per heavy atom. The van der Waals surface area contributed by atoms with Gasteiger partial charge in [-0.15, -0.1) is 0 Å². The maximum Gasteiger partial charge on any atom is 0.354 e. The van der Waals surface area contributed by atoms with Gasteiger partial charge in [0.05, 0.1) is 12.2 Å². The van der Waals surface area contributed by atoms with Crippen molar-refractivity contribution in [2.45, 2.75) is 13.5 Å². The third-order valence-electron chi connectivity index (χ3n) is 2.39. The molecule has 0 fully saturated rings. The lowest BCUT2D eigenvalue weighted by Crippen LogP contribution is -2.11. The molecule has 0 aromatic carbocycles. The first-order valence-electron chi connectivity index (χ1n) is 4.94. The zero-order valence-electron chi connectivity index (χ0n) is 9.09. The van der Waals surface area contributed by atoms with Crippen LogP contribution in [0.4, 0.5) is 0 Å². The molecule has 2 aromatic rings. The number of carboxylic acids is 1. The third kappa shape index (κ3) is 2.36. The number of aryl methyl sites for hydroxylation is 1. The Balaban J connectivity index is 2.42. The molecule has 0 saturated carbocycles. The molecule has 88 valence electrons. The highest BCUT2D eigenvalue weighted by Gasteiger charge is 2.18. The van der Waals surface area contributed by atoms with Crippen LogP contribution in [-0.2, 0) is 6.54 Å². The summed E-state index contributed by atoms with van der Waals surface area (Å²) < 4.78 is 2.14. The van der Waals surface area contributed by atoms with Gasteiger partial charge in [-0.05, 0) is 40.5 Å². The van der Waals surface area contributed by atoms with E-state index in [1.54, 1.807) is 23.9 Å². The first kappa shape index (κ1) is 11.8. The number of rotatable bonds is 3. The van der Waals surface area contributed by atoms with Crippen LogP contribution in [0.2, 0.25) is 0 Å². The van der Waals surface area contributed by atoms with Crippen molar-refractivity contribution in [1.29, 1.82) is 0 Å². The van der Waals surface area contributed by atoms with E-state index in [0.717, 1.165) is 5.56 Å². The van der Waals surface area contributed by atoms with E-state index in [9.17, 15) is 4.79 Å². The molecule has 0 bridgehead atoms. The van der Waals surface area contributed by atoms with Gasteiger partial charge in [0.2, 0.25) is 0 Å². The van der Waals surface area contributed by atoms with Crippen LogP contribution in [0.5, 0.6) is 0 Å². The molecular formula is C11H10BrN3O2. The van der Waals surface area contributed by atoms with Crippen molar-refractivity contribution < 1.29 is 9.90 Å². The van der Waals surface area contributed by atoms with Gasteiger partial charge in [-0.1, -0.05) is 0 Å². The minimum Gasteiger partial charge on any atom is -0.477 e. The van der Waals surface area contributed by atoms with Crippen LogP contribution in [0.1, 0.15) is 21.7 Å². The summed E-state index contributed by atoms with van der Waals surface area (Å²) in [6.07, 6.45) is 3.35. The van der Waals surface area contributed by atoms with Crippen LogP contribution >= 0.6 is 15.9 Å². The number of hydrogen-bond acceptors (Lipinski definition) is 3. The number of hydrogen-bond donors (Lipinski definition) is 1. The number of pyridine rings is 1. The predicted octanol–water partition coefficient (Wildman–Crippen LogP) is 2.10. The Bertz CT molecular complexity index is 551. The second-order valence-corrected chi connectivity index (χ2v) is 4.27. The van der Waals surface area contributed by atoms with Gasteiger partial charge >= 0.3 is 5.97 Å². The average molecular weight is 296 g/mol. The van der Waals surface area contributed by atoms with E-state index in [1.165, 1.54) is 0 Å². The van der Waals surface area contributed by atoms with Crippen LogP contribution in [0.3, 0.4) is 0 Å². The zero-order valence-corrected chi connectivity index (χ0v) is 10.7. The van der Waals surface area contributed by atoms with Crippen molar-refractivity contribution in [3.8, 4) is 0 Å². The quantitative estimate of drug-likeness (QED) is 0.941. The minimum absolute atomic E-state index is 0.202. The minimum atomic E-state index is -0.977. The van der Waals surface area contributed by atoms with Crippen LogP contribution in [0, 0.1) is 6.92 Å². The second kappa shape index (κ2) is 4.67. The smallest absolute Gasteiger partial charge is 0.354 e. The monoisotopic (exact) mass is 295 g/mol. The number of nitrogens with zero attached hydrogens (tertiary/aromatic N) is 3. The van der Waals surface area contributed by atoms with Gasteiger partial charge in [-0.2, -0.15) is 0 Å². The number of carbonyl (C=O) groups is 1. The van der Waals surface area contributed by atoms with Crippen molar-refractivity contribution >= 4 is 21.9 Å². The average Bonchev–Trinajstić information content (AvgIpc) is 2.55. The molecule has 1 N–H and O–H groups in total. The Labute approximate surface area is 106 Å². The van der Waals surface area contributed by atoms with Crippen LogP contribution in [0.25, 0.3) is 0 Å². The largest absolute Gasteiger partial charge is 0.477 e. The maximum absolute atomic E-state index is 11.2. The Morgan fingerprint density at radius 3 is 2.71 bits per heavy atom. The predicted molar refractivity (Wildman–Crippen MR) is 65.0 cm³/mol. The van der Waals surface area contributed by atoms with Gasteiger partial charge in [-0.3, -0.25) is 4.98 Å². The lowest BCUT2D eigenvalue weighted by atomic mass is 10.2. The normalized spacial score (nSPS) is 10.5. The molecule has 17 heavy (non-hydrogen) atoms. The molecule has 5 nitrogen and oxygen atoms in total. The highest BCUT2D eigenvalue weighted by Crippen LogP contribution is 2.18. The van der Waals surface area contributed by atoms with Crippen molar-refractivity contribution in [2.24, 2.45) is 0 Å². The zero-order chi connectivity index (χ0) is 12.4. The Kier molecular flexibility index (Phi) is 3.23. The topological polar surface area (TPSA) is 68.0 Å². The molecule has 2 rings (SSSR count). The van der Waals surface area contributed by atoms with E-state index >= 15 is 0 Å². The van der Waals surface area contributed by atoms with Crippen molar-refractivity contribution in [3.63, 3.8) is 0 Å². The molecule has 0 unspecified atom stereocenters. The lowest BCUT2D eigenvalue weighted by Gasteiger charge is -2.06. The van der Waals surface area contributed by atoms with E-state index in [-0.39, 0.29) is 5.69 Å². The van der Waals surface area contributed by atoms with E-state index in [0.29, 0.717) is 17.0 Å². The fourth-order valence-corrected chi connectivity index (χ4v) is 2.19. The molecule has 0 atom stereocenters. The fourth-order valence-electron chi connectivity index (χ4n) is 1.62. The molecule has 2 aromatic heterocycles. The van der Waals surface area contributed by atoms with Crippen molar-refractivity contribution in [2.75, 3.05) is 0 Å². The summed E-state index contributed by atoms with van der Waals surface area (Å²) in [7, 11) is 0. The number of aromatic nitrogens is 3. The molecular weight excluding hydrogens is 286 g/mol. The lowest BCUT2D eigenvalue weighted by molar-refractivity contribution is 0.0684. The molecule has 0 saturated heterocycles. The van der Waals surface area contributed by atoms with Crippen molar-refractivity contribution in [3.05, 3.63) is 46.2 Å². The van der Waals surface area contributed by atoms with Gasteiger partial charge < -0.3 is 9.67 Å². The third-order valence-corrected chi connectivity index (χ3v) is 2.99. The molecule has 0 spiro atoms. The van der Waals surface area contributed by atoms with Gasteiger partial charge in [0, 0.05) is 12.4 Å². The summed E-state index contributed by atoms with van der Waals surface area (Å²) in [5, 5.41) is 9.14. The first-order chi connectivity index (χ1) is 8.09. The highest BCUT2D eigenvalue weighted by molar-refractivity contribution is 9.10.